The van der Waals surface area contributed by atoms with Crippen LogP contribution >= 0.6 is 11.3 Å². The quantitative estimate of drug-likeness (QED) is 0.583. The highest BCUT2D eigenvalue weighted by Crippen LogP contribution is 2.33. The Kier molecular flexibility index (Phi) is 5.99. The molecule has 32 heavy (non-hydrogen) atoms. The first-order valence-corrected chi connectivity index (χ1v) is 12.1. The van der Waals surface area contributed by atoms with Crippen LogP contribution in [-0.2, 0) is 9.59 Å². The summed E-state index contributed by atoms with van der Waals surface area (Å²) in [6, 6.07) is 18.1. The van der Waals surface area contributed by atoms with Gasteiger partial charge in [-0.2, -0.15) is 5.10 Å². The van der Waals surface area contributed by atoms with Gasteiger partial charge in [-0.1, -0.05) is 42.5 Å². The van der Waals surface area contributed by atoms with E-state index in [4.69, 9.17) is 4.98 Å². The van der Waals surface area contributed by atoms with Gasteiger partial charge in [0.2, 0.25) is 11.8 Å². The van der Waals surface area contributed by atoms with Crippen molar-refractivity contribution >= 4 is 39.1 Å². The van der Waals surface area contributed by atoms with Gasteiger partial charge in [0.05, 0.1) is 27.5 Å². The highest BCUT2D eigenvalue weighted by molar-refractivity contribution is 7.18. The molecule has 0 N–H and O–H groups in total. The van der Waals surface area contributed by atoms with Crippen LogP contribution in [0.25, 0.3) is 10.2 Å². The molecule has 3 heterocycles. The Morgan fingerprint density at radius 1 is 0.969 bits per heavy atom. The molecule has 1 saturated heterocycles. The monoisotopic (exact) mass is 446 g/mol. The number of hydrogen-bond acceptors (Lipinski definition) is 5. The van der Waals surface area contributed by atoms with E-state index in [1.54, 1.807) is 11.3 Å². The van der Waals surface area contributed by atoms with Crippen LogP contribution in [0.15, 0.2) is 59.7 Å². The SMILES string of the molecule is O=C(CCC(=O)N1CCC(c2ccccc2)=N1)N1CCC[C@H](c2nc3ccccc3s2)C1. The molecule has 3 aromatic rings. The maximum Gasteiger partial charge on any atom is 0.243 e. The van der Waals surface area contributed by atoms with Gasteiger partial charge in [0.25, 0.3) is 0 Å². The molecule has 2 aliphatic heterocycles. The summed E-state index contributed by atoms with van der Waals surface area (Å²) in [5, 5.41) is 7.12. The summed E-state index contributed by atoms with van der Waals surface area (Å²) >= 11 is 1.73. The van der Waals surface area contributed by atoms with E-state index >= 15 is 0 Å². The Bertz CT molecular complexity index is 1120. The molecular weight excluding hydrogens is 420 g/mol. The number of carbonyl (C=O) groups is 2. The second-order valence-electron chi connectivity index (χ2n) is 8.38. The normalized spacial score (nSPS) is 18.8. The summed E-state index contributed by atoms with van der Waals surface area (Å²) in [6.45, 7) is 2.03. The summed E-state index contributed by atoms with van der Waals surface area (Å²) in [5.41, 5.74) is 3.01. The fourth-order valence-corrected chi connectivity index (χ4v) is 5.53. The van der Waals surface area contributed by atoms with Gasteiger partial charge < -0.3 is 4.90 Å². The minimum Gasteiger partial charge on any atom is -0.342 e. The molecule has 164 valence electrons. The summed E-state index contributed by atoms with van der Waals surface area (Å²) in [7, 11) is 0. The van der Waals surface area contributed by atoms with Crippen LogP contribution in [0.1, 0.15) is 48.6 Å². The lowest BCUT2D eigenvalue weighted by atomic mass is 9.98. The van der Waals surface area contributed by atoms with E-state index in [1.807, 2.05) is 53.4 Å². The lowest BCUT2D eigenvalue weighted by molar-refractivity contribution is -0.137. The number of amides is 2. The third-order valence-electron chi connectivity index (χ3n) is 6.18. The molecule has 0 bridgehead atoms. The first-order valence-electron chi connectivity index (χ1n) is 11.2. The zero-order chi connectivity index (χ0) is 21.9. The minimum absolute atomic E-state index is 0.0515. The van der Waals surface area contributed by atoms with Gasteiger partial charge in [-0.25, -0.2) is 9.99 Å². The number of nitrogens with zero attached hydrogens (tertiary/aromatic N) is 4. The average Bonchev–Trinajstić information content (AvgIpc) is 3.51. The van der Waals surface area contributed by atoms with Gasteiger partial charge in [-0.3, -0.25) is 9.59 Å². The average molecular weight is 447 g/mol. The lowest BCUT2D eigenvalue weighted by Gasteiger charge is -2.32. The van der Waals surface area contributed by atoms with E-state index in [9.17, 15) is 9.59 Å². The highest BCUT2D eigenvalue weighted by atomic mass is 32.1. The third kappa shape index (κ3) is 4.43. The molecule has 2 aliphatic rings. The Morgan fingerprint density at radius 2 is 1.75 bits per heavy atom. The van der Waals surface area contributed by atoms with Crippen LogP contribution in [0.2, 0.25) is 0 Å². The van der Waals surface area contributed by atoms with E-state index in [0.29, 0.717) is 13.1 Å². The molecule has 2 aromatic carbocycles. The van der Waals surface area contributed by atoms with E-state index in [1.165, 1.54) is 9.71 Å². The molecule has 0 saturated carbocycles. The molecule has 6 nitrogen and oxygen atoms in total. The van der Waals surface area contributed by atoms with Crippen molar-refractivity contribution in [2.45, 2.75) is 38.0 Å². The predicted octanol–water partition coefficient (Wildman–Crippen LogP) is 4.42. The van der Waals surface area contributed by atoms with Crippen LogP contribution in [-0.4, -0.2) is 52.1 Å². The van der Waals surface area contributed by atoms with Gasteiger partial charge in [-0.05, 0) is 30.5 Å². The maximum atomic E-state index is 12.9. The van der Waals surface area contributed by atoms with Crippen LogP contribution in [0.3, 0.4) is 0 Å². The van der Waals surface area contributed by atoms with E-state index in [-0.39, 0.29) is 30.6 Å². The minimum atomic E-state index is -0.0796. The van der Waals surface area contributed by atoms with Crippen molar-refractivity contribution in [2.24, 2.45) is 5.10 Å². The van der Waals surface area contributed by atoms with Crippen molar-refractivity contribution in [1.29, 1.82) is 0 Å². The van der Waals surface area contributed by atoms with E-state index < -0.39 is 0 Å². The summed E-state index contributed by atoms with van der Waals surface area (Å²) in [5.74, 6) is 0.247. The van der Waals surface area contributed by atoms with Crippen molar-refractivity contribution in [3.63, 3.8) is 0 Å². The molecule has 0 unspecified atom stereocenters. The van der Waals surface area contributed by atoms with Gasteiger partial charge in [0.15, 0.2) is 0 Å². The number of para-hydroxylation sites is 1. The van der Waals surface area contributed by atoms with Crippen LogP contribution in [0, 0.1) is 0 Å². The fourth-order valence-electron chi connectivity index (χ4n) is 4.44. The second-order valence-corrected chi connectivity index (χ2v) is 9.44. The highest BCUT2D eigenvalue weighted by Gasteiger charge is 2.28. The second kappa shape index (κ2) is 9.20. The third-order valence-corrected chi connectivity index (χ3v) is 7.38. The lowest BCUT2D eigenvalue weighted by Crippen LogP contribution is -2.39. The molecule has 5 rings (SSSR count). The van der Waals surface area contributed by atoms with Crippen LogP contribution in [0.4, 0.5) is 0 Å². The molecule has 0 spiro atoms. The predicted molar refractivity (Wildman–Crippen MR) is 127 cm³/mol. The van der Waals surface area contributed by atoms with Gasteiger partial charge >= 0.3 is 0 Å². The molecule has 7 heteroatoms. The number of carbonyl (C=O) groups excluding carboxylic acids is 2. The largest absolute Gasteiger partial charge is 0.342 e. The van der Waals surface area contributed by atoms with Crippen LogP contribution < -0.4 is 0 Å². The first-order chi connectivity index (χ1) is 15.7. The summed E-state index contributed by atoms with van der Waals surface area (Å²) in [4.78, 5) is 32.2. The van der Waals surface area contributed by atoms with Crippen molar-refractivity contribution in [1.82, 2.24) is 14.9 Å². The zero-order valence-electron chi connectivity index (χ0n) is 17.9. The molecular formula is C25H26N4O2S. The number of fused-ring (bicyclic) bond motifs is 1. The number of aromatic nitrogens is 1. The number of hydrazone groups is 1. The number of rotatable bonds is 5. The maximum absolute atomic E-state index is 12.9. The Labute approximate surface area is 191 Å². The summed E-state index contributed by atoms with van der Waals surface area (Å²) in [6.07, 6.45) is 3.20. The fraction of sp³-hybridized carbons (Fsp3) is 0.360. The van der Waals surface area contributed by atoms with Crippen molar-refractivity contribution < 1.29 is 9.59 Å². The number of likely N-dealkylation sites (tertiary alicyclic amines) is 1. The van der Waals surface area contributed by atoms with E-state index in [2.05, 4.69) is 11.2 Å². The Morgan fingerprint density at radius 3 is 2.59 bits per heavy atom. The topological polar surface area (TPSA) is 65.9 Å². The number of benzene rings is 2. The van der Waals surface area contributed by atoms with Gasteiger partial charge in [-0.15, -0.1) is 11.3 Å². The standard InChI is InChI=1S/C25H26N4O2S/c30-23(12-13-24(31)29-16-14-20(27-29)18-7-2-1-3-8-18)28-15-6-9-19(17-28)25-26-21-10-4-5-11-22(21)32-25/h1-5,7-8,10-11,19H,6,9,12-17H2/t19-/m0/s1. The number of thiazole rings is 1. The zero-order valence-corrected chi connectivity index (χ0v) is 18.8. The van der Waals surface area contributed by atoms with Gasteiger partial charge in [0, 0.05) is 38.3 Å². The molecule has 0 aliphatic carbocycles. The van der Waals surface area contributed by atoms with Crippen LogP contribution in [0.5, 0.6) is 0 Å². The van der Waals surface area contributed by atoms with Crippen molar-refractivity contribution in [2.75, 3.05) is 19.6 Å². The van der Waals surface area contributed by atoms with Gasteiger partial charge in [0.1, 0.15) is 0 Å². The molecule has 1 atom stereocenters. The number of hydrogen-bond donors (Lipinski definition) is 0. The molecule has 0 radical (unpaired) electrons. The number of piperidine rings is 1. The first kappa shape index (κ1) is 20.8. The molecule has 1 aromatic heterocycles. The van der Waals surface area contributed by atoms with Crippen molar-refractivity contribution in [3.05, 3.63) is 65.2 Å². The summed E-state index contributed by atoms with van der Waals surface area (Å²) < 4.78 is 1.19. The van der Waals surface area contributed by atoms with Crippen molar-refractivity contribution in [3.8, 4) is 0 Å². The Hall–Kier alpha value is -3.06. The molecule has 1 fully saturated rings. The smallest absolute Gasteiger partial charge is 0.243 e. The van der Waals surface area contributed by atoms with E-state index in [0.717, 1.165) is 47.6 Å². The molecule has 2 amide bonds. The Balaban J connectivity index is 1.16.